The Morgan fingerprint density at radius 2 is 1.77 bits per heavy atom. The molecule has 1 aliphatic rings. The largest absolute Gasteiger partial charge is 0.482 e. The van der Waals surface area contributed by atoms with Crippen molar-refractivity contribution in [2.24, 2.45) is 0 Å². The Labute approximate surface area is 176 Å². The quantitative estimate of drug-likeness (QED) is 0.657. The minimum absolute atomic E-state index is 0.00637. The summed E-state index contributed by atoms with van der Waals surface area (Å²) in [6, 6.07) is 22.8. The van der Waals surface area contributed by atoms with E-state index < -0.39 is 0 Å². The Balaban J connectivity index is 1.57. The molecule has 0 saturated heterocycles. The summed E-state index contributed by atoms with van der Waals surface area (Å²) in [7, 11) is 0. The first-order valence-corrected chi connectivity index (χ1v) is 10.0. The Bertz CT molecular complexity index is 1060. The van der Waals surface area contributed by atoms with Gasteiger partial charge in [-0.1, -0.05) is 56.3 Å². The molecule has 3 aromatic carbocycles. The third-order valence-corrected chi connectivity index (χ3v) is 5.18. The number of hydrogen-bond donors (Lipinski definition) is 1. The Morgan fingerprint density at radius 1 is 1.03 bits per heavy atom. The standard InChI is InChI=1S/C25H24N2O3/c1-17(2)19-8-11-21(12-9-19)26-25(29)20-10-13-23-22(14-20)27(24(28)16-30-23)15-18-6-4-3-5-7-18/h3-14,17H,15-16H2,1-2H3,(H,26,29). The number of benzene rings is 3. The molecule has 0 radical (unpaired) electrons. The van der Waals surface area contributed by atoms with Crippen LogP contribution in [0.25, 0.3) is 0 Å². The summed E-state index contributed by atoms with van der Waals surface area (Å²) >= 11 is 0. The topological polar surface area (TPSA) is 58.6 Å². The second-order valence-electron chi connectivity index (χ2n) is 7.67. The molecule has 0 aliphatic carbocycles. The Kier molecular flexibility index (Phi) is 5.53. The van der Waals surface area contributed by atoms with Crippen molar-refractivity contribution in [1.82, 2.24) is 0 Å². The molecular weight excluding hydrogens is 376 g/mol. The number of amides is 2. The van der Waals surface area contributed by atoms with Crippen molar-refractivity contribution < 1.29 is 14.3 Å². The molecule has 0 unspecified atom stereocenters. The summed E-state index contributed by atoms with van der Waals surface area (Å²) in [5, 5.41) is 2.92. The smallest absolute Gasteiger partial charge is 0.265 e. The molecule has 152 valence electrons. The monoisotopic (exact) mass is 400 g/mol. The van der Waals surface area contributed by atoms with Gasteiger partial charge in [-0.05, 0) is 47.4 Å². The van der Waals surface area contributed by atoms with E-state index in [0.29, 0.717) is 29.5 Å². The van der Waals surface area contributed by atoms with Crippen LogP contribution in [0.3, 0.4) is 0 Å². The van der Waals surface area contributed by atoms with Gasteiger partial charge in [0.15, 0.2) is 6.61 Å². The molecule has 1 N–H and O–H groups in total. The molecule has 3 aromatic rings. The number of anilines is 2. The van der Waals surface area contributed by atoms with Gasteiger partial charge >= 0.3 is 0 Å². The summed E-state index contributed by atoms with van der Waals surface area (Å²) in [6.45, 7) is 4.68. The molecule has 0 bridgehead atoms. The lowest BCUT2D eigenvalue weighted by Gasteiger charge is -2.29. The predicted octanol–water partition coefficient (Wildman–Crippen LogP) is 4.99. The lowest BCUT2D eigenvalue weighted by atomic mass is 10.0. The number of nitrogens with one attached hydrogen (secondary N) is 1. The van der Waals surface area contributed by atoms with Crippen LogP contribution in [-0.4, -0.2) is 18.4 Å². The molecule has 5 heteroatoms. The van der Waals surface area contributed by atoms with E-state index in [1.807, 2.05) is 54.6 Å². The SMILES string of the molecule is CC(C)c1ccc(NC(=O)c2ccc3c(c2)N(Cc2ccccc2)C(=O)CO3)cc1. The van der Waals surface area contributed by atoms with Gasteiger partial charge in [-0.2, -0.15) is 0 Å². The zero-order valence-corrected chi connectivity index (χ0v) is 17.1. The van der Waals surface area contributed by atoms with Crippen molar-refractivity contribution in [3.05, 3.63) is 89.5 Å². The van der Waals surface area contributed by atoms with E-state index in [1.54, 1.807) is 23.1 Å². The van der Waals surface area contributed by atoms with E-state index in [4.69, 9.17) is 4.74 Å². The molecular formula is C25H24N2O3. The van der Waals surface area contributed by atoms with Crippen LogP contribution in [0.1, 0.15) is 41.3 Å². The fraction of sp³-hybridized carbons (Fsp3) is 0.200. The van der Waals surface area contributed by atoms with Crippen molar-refractivity contribution in [2.45, 2.75) is 26.3 Å². The highest BCUT2D eigenvalue weighted by Gasteiger charge is 2.26. The van der Waals surface area contributed by atoms with Gasteiger partial charge in [0, 0.05) is 11.3 Å². The van der Waals surface area contributed by atoms with Crippen LogP contribution < -0.4 is 15.0 Å². The van der Waals surface area contributed by atoms with Gasteiger partial charge in [-0.3, -0.25) is 9.59 Å². The second-order valence-corrected chi connectivity index (χ2v) is 7.67. The number of fused-ring (bicyclic) bond motifs is 1. The lowest BCUT2D eigenvalue weighted by Crippen LogP contribution is -2.38. The highest BCUT2D eigenvalue weighted by molar-refractivity contribution is 6.06. The Morgan fingerprint density at radius 3 is 2.47 bits per heavy atom. The molecule has 1 heterocycles. The summed E-state index contributed by atoms with van der Waals surface area (Å²) < 4.78 is 5.57. The average molecular weight is 400 g/mol. The molecule has 0 spiro atoms. The zero-order valence-electron chi connectivity index (χ0n) is 17.1. The summed E-state index contributed by atoms with van der Waals surface area (Å²) in [4.78, 5) is 27.0. The van der Waals surface area contributed by atoms with Crippen molar-refractivity contribution in [3.8, 4) is 5.75 Å². The van der Waals surface area contributed by atoms with Gasteiger partial charge in [-0.25, -0.2) is 0 Å². The van der Waals surface area contributed by atoms with E-state index >= 15 is 0 Å². The molecule has 0 aromatic heterocycles. The predicted molar refractivity (Wildman–Crippen MR) is 118 cm³/mol. The number of carbonyl (C=O) groups excluding carboxylic acids is 2. The maximum absolute atomic E-state index is 12.8. The maximum atomic E-state index is 12.8. The van der Waals surface area contributed by atoms with Crippen LogP contribution in [0.15, 0.2) is 72.8 Å². The highest BCUT2D eigenvalue weighted by Crippen LogP contribution is 2.34. The molecule has 30 heavy (non-hydrogen) atoms. The van der Waals surface area contributed by atoms with Crippen molar-refractivity contribution >= 4 is 23.2 Å². The molecule has 1 aliphatic heterocycles. The minimum Gasteiger partial charge on any atom is -0.482 e. The third-order valence-electron chi connectivity index (χ3n) is 5.18. The summed E-state index contributed by atoms with van der Waals surface area (Å²) in [6.07, 6.45) is 0. The summed E-state index contributed by atoms with van der Waals surface area (Å²) in [5.41, 5.74) is 4.04. The fourth-order valence-corrected chi connectivity index (χ4v) is 3.44. The van der Waals surface area contributed by atoms with Gasteiger partial charge < -0.3 is 15.0 Å². The summed E-state index contributed by atoms with van der Waals surface area (Å²) in [5.74, 6) is 0.674. The molecule has 0 atom stereocenters. The Hall–Kier alpha value is -3.60. The van der Waals surface area contributed by atoms with Crippen LogP contribution in [0.4, 0.5) is 11.4 Å². The van der Waals surface area contributed by atoms with Crippen molar-refractivity contribution in [1.29, 1.82) is 0 Å². The van der Waals surface area contributed by atoms with Crippen LogP contribution in [-0.2, 0) is 11.3 Å². The van der Waals surface area contributed by atoms with E-state index in [9.17, 15) is 9.59 Å². The fourth-order valence-electron chi connectivity index (χ4n) is 3.44. The normalized spacial score (nSPS) is 13.0. The first kappa shape index (κ1) is 19.7. The number of hydrogen-bond acceptors (Lipinski definition) is 3. The molecule has 4 rings (SSSR count). The van der Waals surface area contributed by atoms with Gasteiger partial charge in [-0.15, -0.1) is 0 Å². The van der Waals surface area contributed by atoms with Gasteiger partial charge in [0.25, 0.3) is 11.8 Å². The highest BCUT2D eigenvalue weighted by atomic mass is 16.5. The molecule has 2 amide bonds. The number of nitrogens with zero attached hydrogens (tertiary/aromatic N) is 1. The molecule has 0 saturated carbocycles. The van der Waals surface area contributed by atoms with E-state index in [1.165, 1.54) is 5.56 Å². The third kappa shape index (κ3) is 4.20. The number of rotatable bonds is 5. The van der Waals surface area contributed by atoms with E-state index in [0.717, 1.165) is 11.3 Å². The molecule has 5 nitrogen and oxygen atoms in total. The van der Waals surface area contributed by atoms with Crippen LogP contribution in [0, 0.1) is 0 Å². The number of ether oxygens (including phenoxy) is 1. The maximum Gasteiger partial charge on any atom is 0.265 e. The average Bonchev–Trinajstić information content (AvgIpc) is 2.76. The first-order valence-electron chi connectivity index (χ1n) is 10.0. The second kappa shape index (κ2) is 8.41. The molecule has 0 fully saturated rings. The van der Waals surface area contributed by atoms with Crippen LogP contribution >= 0.6 is 0 Å². The first-order chi connectivity index (χ1) is 14.5. The van der Waals surface area contributed by atoms with Gasteiger partial charge in [0.1, 0.15) is 5.75 Å². The van der Waals surface area contributed by atoms with Gasteiger partial charge in [0.2, 0.25) is 0 Å². The van der Waals surface area contributed by atoms with Gasteiger partial charge in [0.05, 0.1) is 12.2 Å². The van der Waals surface area contributed by atoms with Crippen LogP contribution in [0.2, 0.25) is 0 Å². The van der Waals surface area contributed by atoms with Crippen LogP contribution in [0.5, 0.6) is 5.75 Å². The van der Waals surface area contributed by atoms with E-state index in [2.05, 4.69) is 19.2 Å². The number of carbonyl (C=O) groups is 2. The minimum atomic E-state index is -0.229. The zero-order chi connectivity index (χ0) is 21.1. The van der Waals surface area contributed by atoms with Crippen molar-refractivity contribution in [2.75, 3.05) is 16.8 Å². The van der Waals surface area contributed by atoms with Crippen molar-refractivity contribution in [3.63, 3.8) is 0 Å². The lowest BCUT2D eigenvalue weighted by molar-refractivity contribution is -0.121. The van der Waals surface area contributed by atoms with E-state index in [-0.39, 0.29) is 18.4 Å².